The lowest BCUT2D eigenvalue weighted by atomic mass is 10.2. The van der Waals surface area contributed by atoms with E-state index in [0.717, 1.165) is 30.0 Å². The molecule has 0 bridgehead atoms. The Balaban J connectivity index is 1.67. The minimum atomic E-state index is -5.47. The molecule has 1 aromatic heterocycles. The molecule has 3 aromatic rings. The van der Waals surface area contributed by atoms with Crippen LogP contribution in [0.3, 0.4) is 0 Å². The number of amides is 1. The molecule has 1 N–H and O–H groups in total. The van der Waals surface area contributed by atoms with Crippen LogP contribution in [0, 0.1) is 0 Å². The number of anilines is 1. The van der Waals surface area contributed by atoms with E-state index in [4.69, 9.17) is 4.74 Å². The lowest BCUT2D eigenvalue weighted by molar-refractivity contribution is -0.0436. The monoisotopic (exact) mass is 436 g/mol. The fourth-order valence-corrected chi connectivity index (χ4v) is 3.19. The normalized spacial score (nSPS) is 11.7. The van der Waals surface area contributed by atoms with Gasteiger partial charge in [-0.15, -0.1) is 0 Å². The Hall–Kier alpha value is -3.40. The number of carbonyl (C=O) groups is 1. The third-order valence-corrected chi connectivity index (χ3v) is 5.44. The molecule has 2 aromatic carbocycles. The molecule has 30 heavy (non-hydrogen) atoms. The summed E-state index contributed by atoms with van der Waals surface area (Å²) >= 11 is 0. The molecule has 0 spiro atoms. The van der Waals surface area contributed by atoms with Crippen molar-refractivity contribution in [2.24, 2.45) is 0 Å². The van der Waals surface area contributed by atoms with Gasteiger partial charge >= 0.3 is 5.51 Å². The molecule has 0 radical (unpaired) electrons. The second kappa shape index (κ2) is 8.54. The van der Waals surface area contributed by atoms with Gasteiger partial charge in [-0.2, -0.15) is 13.2 Å². The average Bonchev–Trinajstić information content (AvgIpc) is 2.72. The Morgan fingerprint density at radius 2 is 1.73 bits per heavy atom. The molecular weight excluding hydrogens is 421 g/mol. The molecule has 6 nitrogen and oxygen atoms in total. The van der Waals surface area contributed by atoms with Gasteiger partial charge in [0.2, 0.25) is 0 Å². The molecular formula is C20H15F3N2O4S. The van der Waals surface area contributed by atoms with Gasteiger partial charge in [-0.25, -0.2) is 8.42 Å². The van der Waals surface area contributed by atoms with E-state index in [9.17, 15) is 26.4 Å². The molecule has 3 rings (SSSR count). The highest BCUT2D eigenvalue weighted by Gasteiger charge is 2.46. The predicted octanol–water partition coefficient (Wildman–Crippen LogP) is 4.21. The van der Waals surface area contributed by atoms with Gasteiger partial charge in [0.1, 0.15) is 12.4 Å². The number of sulfone groups is 1. The quantitative estimate of drug-likeness (QED) is 0.626. The number of rotatable bonds is 6. The molecule has 0 saturated carbocycles. The van der Waals surface area contributed by atoms with Gasteiger partial charge in [0.25, 0.3) is 15.7 Å². The number of nitrogens with zero attached hydrogens (tertiary/aromatic N) is 1. The summed E-state index contributed by atoms with van der Waals surface area (Å²) in [4.78, 5) is 15.5. The Morgan fingerprint density at radius 3 is 2.37 bits per heavy atom. The number of benzene rings is 2. The van der Waals surface area contributed by atoms with E-state index >= 15 is 0 Å². The largest absolute Gasteiger partial charge is 0.501 e. The van der Waals surface area contributed by atoms with Crippen LogP contribution in [0.4, 0.5) is 18.9 Å². The summed E-state index contributed by atoms with van der Waals surface area (Å²) in [6.45, 7) is 0.230. The van der Waals surface area contributed by atoms with Crippen molar-refractivity contribution >= 4 is 21.4 Å². The zero-order valence-electron chi connectivity index (χ0n) is 15.3. The van der Waals surface area contributed by atoms with Crippen molar-refractivity contribution in [3.8, 4) is 5.75 Å². The molecule has 0 fully saturated rings. The van der Waals surface area contributed by atoms with Crippen LogP contribution in [-0.4, -0.2) is 24.8 Å². The number of aromatic nitrogens is 1. The van der Waals surface area contributed by atoms with Gasteiger partial charge in [-0.1, -0.05) is 12.1 Å². The lowest BCUT2D eigenvalue weighted by Gasteiger charge is -2.10. The molecule has 1 heterocycles. The first-order valence-electron chi connectivity index (χ1n) is 8.52. The van der Waals surface area contributed by atoms with Crippen molar-refractivity contribution in [3.63, 3.8) is 0 Å². The van der Waals surface area contributed by atoms with Crippen LogP contribution in [0.1, 0.15) is 16.1 Å². The second-order valence-corrected chi connectivity index (χ2v) is 8.01. The number of hydrogen-bond acceptors (Lipinski definition) is 5. The summed E-state index contributed by atoms with van der Waals surface area (Å²) in [5.41, 5.74) is -4.30. The van der Waals surface area contributed by atoms with Crippen molar-refractivity contribution in [3.05, 3.63) is 84.2 Å². The number of nitrogens with one attached hydrogen (secondary N) is 1. The molecule has 0 aliphatic rings. The summed E-state index contributed by atoms with van der Waals surface area (Å²) in [6.07, 6.45) is 1.64. The molecule has 1 amide bonds. The molecule has 0 aliphatic heterocycles. The minimum absolute atomic E-state index is 0.00377. The lowest BCUT2D eigenvalue weighted by Crippen LogP contribution is -2.23. The van der Waals surface area contributed by atoms with Crippen LogP contribution in [0.25, 0.3) is 0 Å². The van der Waals surface area contributed by atoms with Gasteiger partial charge < -0.3 is 10.1 Å². The maximum absolute atomic E-state index is 12.6. The fraction of sp³-hybridized carbons (Fsp3) is 0.100. The third kappa shape index (κ3) is 4.95. The first-order valence-corrected chi connectivity index (χ1v) is 10.0. The standard InChI is InChI=1S/C20H15F3N2O4S/c21-20(22,23)30(27,28)18-9-7-14(8-10-18)19(26)25-15-5-3-6-17(12-15)29-13-16-4-1-2-11-24-16/h1-12H,13H2,(H,25,26). The summed E-state index contributed by atoms with van der Waals surface area (Å²) < 4.78 is 66.2. The Labute approximate surface area is 170 Å². The molecule has 0 saturated heterocycles. The highest BCUT2D eigenvalue weighted by Crippen LogP contribution is 2.30. The zero-order valence-corrected chi connectivity index (χ0v) is 16.1. The van der Waals surface area contributed by atoms with E-state index in [1.807, 2.05) is 6.07 Å². The number of halogens is 3. The molecule has 0 unspecified atom stereocenters. The Bertz CT molecular complexity index is 1130. The van der Waals surface area contributed by atoms with E-state index in [-0.39, 0.29) is 12.2 Å². The SMILES string of the molecule is O=C(Nc1cccc(OCc2ccccn2)c1)c1ccc(S(=O)(=O)C(F)(F)F)cc1. The first kappa shape index (κ1) is 21.3. The topological polar surface area (TPSA) is 85.4 Å². The van der Waals surface area contributed by atoms with Crippen molar-refractivity contribution in [1.82, 2.24) is 4.98 Å². The number of carbonyl (C=O) groups excluding carboxylic acids is 1. The van der Waals surface area contributed by atoms with Gasteiger partial charge in [-0.05, 0) is 48.5 Å². The van der Waals surface area contributed by atoms with Gasteiger partial charge in [0, 0.05) is 23.5 Å². The van der Waals surface area contributed by atoms with Crippen LogP contribution in [0.15, 0.2) is 77.8 Å². The molecule has 0 aliphatic carbocycles. The highest BCUT2D eigenvalue weighted by molar-refractivity contribution is 7.92. The van der Waals surface area contributed by atoms with Crippen LogP contribution in [-0.2, 0) is 16.4 Å². The number of ether oxygens (including phenoxy) is 1. The van der Waals surface area contributed by atoms with E-state index in [0.29, 0.717) is 11.4 Å². The molecule has 0 atom stereocenters. The van der Waals surface area contributed by atoms with Crippen LogP contribution < -0.4 is 10.1 Å². The maximum Gasteiger partial charge on any atom is 0.501 e. The second-order valence-electron chi connectivity index (χ2n) is 6.07. The van der Waals surface area contributed by atoms with Crippen molar-refractivity contribution < 1.29 is 31.1 Å². The third-order valence-electron chi connectivity index (χ3n) is 3.94. The van der Waals surface area contributed by atoms with E-state index in [1.54, 1.807) is 42.6 Å². The molecule has 156 valence electrons. The van der Waals surface area contributed by atoms with Crippen molar-refractivity contribution in [2.45, 2.75) is 17.0 Å². The first-order chi connectivity index (χ1) is 14.2. The average molecular weight is 436 g/mol. The maximum atomic E-state index is 12.6. The van der Waals surface area contributed by atoms with Gasteiger partial charge in [-0.3, -0.25) is 9.78 Å². The summed E-state index contributed by atoms with van der Waals surface area (Å²) in [7, 11) is -5.47. The summed E-state index contributed by atoms with van der Waals surface area (Å²) in [6, 6.07) is 15.4. The smallest absolute Gasteiger partial charge is 0.487 e. The van der Waals surface area contributed by atoms with E-state index < -0.39 is 26.1 Å². The van der Waals surface area contributed by atoms with Crippen LogP contribution >= 0.6 is 0 Å². The van der Waals surface area contributed by atoms with E-state index in [1.165, 1.54) is 0 Å². The Kier molecular flexibility index (Phi) is 6.06. The predicted molar refractivity (Wildman–Crippen MR) is 103 cm³/mol. The van der Waals surface area contributed by atoms with Crippen LogP contribution in [0.5, 0.6) is 5.75 Å². The zero-order chi connectivity index (χ0) is 21.8. The van der Waals surface area contributed by atoms with E-state index in [2.05, 4.69) is 10.3 Å². The summed E-state index contributed by atoms with van der Waals surface area (Å²) in [5.74, 6) is -0.141. The van der Waals surface area contributed by atoms with Crippen LogP contribution in [0.2, 0.25) is 0 Å². The van der Waals surface area contributed by atoms with Crippen molar-refractivity contribution in [1.29, 1.82) is 0 Å². The summed E-state index contributed by atoms with van der Waals surface area (Å²) in [5, 5.41) is 2.58. The van der Waals surface area contributed by atoms with Gasteiger partial charge in [0.15, 0.2) is 0 Å². The van der Waals surface area contributed by atoms with Gasteiger partial charge in [0.05, 0.1) is 10.6 Å². The number of pyridine rings is 1. The fourth-order valence-electron chi connectivity index (χ4n) is 2.43. The minimum Gasteiger partial charge on any atom is -0.487 e. The highest BCUT2D eigenvalue weighted by atomic mass is 32.2. The number of alkyl halides is 3. The molecule has 10 heteroatoms. The Morgan fingerprint density at radius 1 is 1.00 bits per heavy atom. The number of hydrogen-bond donors (Lipinski definition) is 1. The van der Waals surface area contributed by atoms with Crippen molar-refractivity contribution in [2.75, 3.05) is 5.32 Å².